The van der Waals surface area contributed by atoms with Gasteiger partial charge < -0.3 is 5.32 Å². The minimum Gasteiger partial charge on any atom is -0.313 e. The summed E-state index contributed by atoms with van der Waals surface area (Å²) in [6.45, 7) is 5.23. The SMILES string of the molecule is CCC1CCCC(NCCS(=O)CC)CC1. The van der Waals surface area contributed by atoms with E-state index in [1.54, 1.807) is 0 Å². The number of hydrogen-bond acceptors (Lipinski definition) is 2. The average Bonchev–Trinajstić information content (AvgIpc) is 2.54. The molecular weight excluding hydrogens is 218 g/mol. The lowest BCUT2D eigenvalue weighted by Crippen LogP contribution is -2.32. The molecule has 0 radical (unpaired) electrons. The van der Waals surface area contributed by atoms with Crippen LogP contribution in [-0.2, 0) is 10.8 Å². The van der Waals surface area contributed by atoms with Crippen LogP contribution in [0.4, 0.5) is 0 Å². The van der Waals surface area contributed by atoms with E-state index in [-0.39, 0.29) is 0 Å². The normalized spacial score (nSPS) is 28.6. The zero-order valence-electron chi connectivity index (χ0n) is 10.8. The molecule has 0 aliphatic heterocycles. The topological polar surface area (TPSA) is 29.1 Å². The predicted octanol–water partition coefficient (Wildman–Crippen LogP) is 2.70. The van der Waals surface area contributed by atoms with E-state index in [9.17, 15) is 4.21 Å². The monoisotopic (exact) mass is 245 g/mol. The van der Waals surface area contributed by atoms with Gasteiger partial charge in [0.2, 0.25) is 0 Å². The first-order valence-electron chi connectivity index (χ1n) is 6.84. The van der Waals surface area contributed by atoms with Crippen LogP contribution in [0.25, 0.3) is 0 Å². The first-order valence-corrected chi connectivity index (χ1v) is 8.33. The van der Waals surface area contributed by atoms with Gasteiger partial charge in [0.25, 0.3) is 0 Å². The van der Waals surface area contributed by atoms with E-state index in [1.165, 1.54) is 38.5 Å². The molecule has 1 aliphatic rings. The van der Waals surface area contributed by atoms with Crippen molar-refractivity contribution in [2.75, 3.05) is 18.1 Å². The third kappa shape index (κ3) is 5.44. The molecule has 0 amide bonds. The van der Waals surface area contributed by atoms with Crippen molar-refractivity contribution in [2.24, 2.45) is 5.92 Å². The second kappa shape index (κ2) is 8.24. The van der Waals surface area contributed by atoms with E-state index in [0.717, 1.165) is 24.0 Å². The van der Waals surface area contributed by atoms with Gasteiger partial charge in [0.15, 0.2) is 0 Å². The van der Waals surface area contributed by atoms with Crippen molar-refractivity contribution in [3.05, 3.63) is 0 Å². The van der Waals surface area contributed by atoms with Gasteiger partial charge in [-0.3, -0.25) is 4.21 Å². The summed E-state index contributed by atoms with van der Waals surface area (Å²) in [4.78, 5) is 0. The average molecular weight is 245 g/mol. The minimum atomic E-state index is -0.607. The minimum absolute atomic E-state index is 0.607. The third-order valence-corrected chi connectivity index (χ3v) is 5.05. The summed E-state index contributed by atoms with van der Waals surface area (Å²) in [5, 5.41) is 3.58. The van der Waals surface area contributed by atoms with Crippen LogP contribution < -0.4 is 5.32 Å². The zero-order chi connectivity index (χ0) is 11.8. The van der Waals surface area contributed by atoms with Crippen LogP contribution in [0, 0.1) is 5.92 Å². The molecule has 2 nitrogen and oxygen atoms in total. The Morgan fingerprint density at radius 2 is 2.00 bits per heavy atom. The molecule has 3 atom stereocenters. The quantitative estimate of drug-likeness (QED) is 0.729. The summed E-state index contributed by atoms with van der Waals surface area (Å²) >= 11 is 0. The highest BCUT2D eigenvalue weighted by atomic mass is 32.2. The van der Waals surface area contributed by atoms with Crippen LogP contribution in [-0.4, -0.2) is 28.3 Å². The van der Waals surface area contributed by atoms with Gasteiger partial charge in [-0.25, -0.2) is 0 Å². The number of nitrogens with one attached hydrogen (secondary N) is 1. The molecule has 16 heavy (non-hydrogen) atoms. The Balaban J connectivity index is 2.15. The molecule has 1 N–H and O–H groups in total. The number of rotatable bonds is 6. The molecule has 0 aromatic rings. The molecule has 3 heteroatoms. The van der Waals surface area contributed by atoms with Crippen LogP contribution in [0.1, 0.15) is 52.4 Å². The predicted molar refractivity (Wildman–Crippen MR) is 72.2 cm³/mol. The molecule has 1 rings (SSSR count). The maximum Gasteiger partial charge on any atom is 0.0360 e. The first-order chi connectivity index (χ1) is 7.76. The van der Waals surface area contributed by atoms with Crippen molar-refractivity contribution in [3.63, 3.8) is 0 Å². The number of hydrogen-bond donors (Lipinski definition) is 1. The Hall–Kier alpha value is 0.110. The Morgan fingerprint density at radius 1 is 1.19 bits per heavy atom. The molecule has 0 spiro atoms. The highest BCUT2D eigenvalue weighted by molar-refractivity contribution is 7.84. The van der Waals surface area contributed by atoms with Gasteiger partial charge in [-0.1, -0.05) is 33.1 Å². The maximum atomic E-state index is 11.3. The van der Waals surface area contributed by atoms with Gasteiger partial charge in [0.05, 0.1) is 0 Å². The second-order valence-electron chi connectivity index (χ2n) is 4.87. The largest absolute Gasteiger partial charge is 0.313 e. The van der Waals surface area contributed by atoms with Crippen LogP contribution in [0.3, 0.4) is 0 Å². The molecule has 1 saturated carbocycles. The van der Waals surface area contributed by atoms with E-state index in [4.69, 9.17) is 0 Å². The lowest BCUT2D eigenvalue weighted by Gasteiger charge is -2.16. The third-order valence-electron chi connectivity index (χ3n) is 3.75. The molecule has 1 aliphatic carbocycles. The highest BCUT2D eigenvalue weighted by Crippen LogP contribution is 2.25. The van der Waals surface area contributed by atoms with Crippen molar-refractivity contribution in [3.8, 4) is 0 Å². The van der Waals surface area contributed by atoms with Crippen molar-refractivity contribution in [2.45, 2.75) is 58.4 Å². The van der Waals surface area contributed by atoms with E-state index < -0.39 is 10.8 Å². The molecule has 96 valence electrons. The van der Waals surface area contributed by atoms with Crippen LogP contribution in [0.2, 0.25) is 0 Å². The molecule has 0 heterocycles. The van der Waals surface area contributed by atoms with Crippen molar-refractivity contribution < 1.29 is 4.21 Å². The standard InChI is InChI=1S/C13H27NOS/c1-3-12-6-5-7-13(9-8-12)14-10-11-16(15)4-2/h12-14H,3-11H2,1-2H3. The second-order valence-corrected chi connectivity index (χ2v) is 6.73. The molecule has 0 aromatic heterocycles. The van der Waals surface area contributed by atoms with Crippen molar-refractivity contribution in [1.29, 1.82) is 0 Å². The van der Waals surface area contributed by atoms with Gasteiger partial charge in [0, 0.05) is 34.9 Å². The fraction of sp³-hybridized carbons (Fsp3) is 1.00. The van der Waals surface area contributed by atoms with E-state index in [0.29, 0.717) is 6.04 Å². The van der Waals surface area contributed by atoms with Gasteiger partial charge in [-0.2, -0.15) is 0 Å². The first kappa shape index (κ1) is 14.2. The highest BCUT2D eigenvalue weighted by Gasteiger charge is 2.17. The van der Waals surface area contributed by atoms with Gasteiger partial charge >= 0.3 is 0 Å². The van der Waals surface area contributed by atoms with Crippen LogP contribution in [0.15, 0.2) is 0 Å². The van der Waals surface area contributed by atoms with Gasteiger partial charge in [-0.15, -0.1) is 0 Å². The van der Waals surface area contributed by atoms with Crippen LogP contribution in [0.5, 0.6) is 0 Å². The van der Waals surface area contributed by atoms with Crippen LogP contribution >= 0.6 is 0 Å². The Kier molecular flexibility index (Phi) is 7.30. The van der Waals surface area contributed by atoms with Crippen molar-refractivity contribution >= 4 is 10.8 Å². The fourth-order valence-corrected chi connectivity index (χ4v) is 3.15. The lowest BCUT2D eigenvalue weighted by atomic mass is 9.98. The maximum absolute atomic E-state index is 11.3. The summed E-state index contributed by atoms with van der Waals surface area (Å²) in [5.41, 5.74) is 0. The smallest absolute Gasteiger partial charge is 0.0360 e. The Labute approximate surface area is 103 Å². The Morgan fingerprint density at radius 3 is 2.69 bits per heavy atom. The molecule has 0 aromatic carbocycles. The van der Waals surface area contributed by atoms with E-state index >= 15 is 0 Å². The van der Waals surface area contributed by atoms with Gasteiger partial charge in [0.1, 0.15) is 0 Å². The lowest BCUT2D eigenvalue weighted by molar-refractivity contribution is 0.430. The zero-order valence-corrected chi connectivity index (χ0v) is 11.7. The molecular formula is C13H27NOS. The molecule has 0 bridgehead atoms. The molecule has 0 saturated heterocycles. The summed E-state index contributed by atoms with van der Waals surface area (Å²) in [6.07, 6.45) is 8.13. The van der Waals surface area contributed by atoms with Gasteiger partial charge in [-0.05, 0) is 25.2 Å². The molecule has 1 fully saturated rings. The van der Waals surface area contributed by atoms with E-state index in [2.05, 4.69) is 12.2 Å². The molecule has 3 unspecified atom stereocenters. The summed E-state index contributed by atoms with van der Waals surface area (Å²) in [5.74, 6) is 2.57. The fourth-order valence-electron chi connectivity index (χ4n) is 2.51. The summed E-state index contributed by atoms with van der Waals surface area (Å²) in [7, 11) is -0.607. The summed E-state index contributed by atoms with van der Waals surface area (Å²) < 4.78 is 11.3. The van der Waals surface area contributed by atoms with Crippen molar-refractivity contribution in [1.82, 2.24) is 5.32 Å². The van der Waals surface area contributed by atoms with E-state index in [1.807, 2.05) is 6.92 Å². The summed E-state index contributed by atoms with van der Waals surface area (Å²) in [6, 6.07) is 0.686. The Bertz CT molecular complexity index is 208.